The number of ketones is 1. The average Bonchev–Trinajstić information content (AvgIpc) is 3.15. The fourth-order valence-corrected chi connectivity index (χ4v) is 5.27. The number of fused-ring (bicyclic) bond motifs is 5. The zero-order valence-corrected chi connectivity index (χ0v) is 18.9. The second kappa shape index (κ2) is 7.64. The zero-order valence-electron chi connectivity index (χ0n) is 18.9. The summed E-state index contributed by atoms with van der Waals surface area (Å²) in [5.74, 6) is -0.206. The van der Waals surface area contributed by atoms with Crippen molar-refractivity contribution >= 4 is 16.7 Å². The second-order valence-corrected chi connectivity index (χ2v) is 9.24. The number of carbonyl (C=O) groups is 1. The molecular weight excluding hydrogens is 402 g/mol. The summed E-state index contributed by atoms with van der Waals surface area (Å²) >= 11 is 0. The summed E-state index contributed by atoms with van der Waals surface area (Å²) in [6.07, 6.45) is 1.68. The van der Waals surface area contributed by atoms with E-state index in [0.29, 0.717) is 35.8 Å². The van der Waals surface area contributed by atoms with Crippen molar-refractivity contribution < 1.29 is 9.90 Å². The fourth-order valence-electron chi connectivity index (χ4n) is 5.27. The summed E-state index contributed by atoms with van der Waals surface area (Å²) in [6.45, 7) is 7.36. The van der Waals surface area contributed by atoms with Gasteiger partial charge in [-0.25, -0.2) is 4.98 Å². The van der Waals surface area contributed by atoms with E-state index in [9.17, 15) is 14.7 Å². The van der Waals surface area contributed by atoms with Crippen molar-refractivity contribution in [1.82, 2.24) is 14.9 Å². The molecule has 0 radical (unpaired) electrons. The van der Waals surface area contributed by atoms with Crippen molar-refractivity contribution in [3.63, 3.8) is 0 Å². The minimum absolute atomic E-state index is 0.106. The van der Waals surface area contributed by atoms with E-state index >= 15 is 0 Å². The highest BCUT2D eigenvalue weighted by Crippen LogP contribution is 2.40. The number of rotatable bonds is 5. The smallest absolute Gasteiger partial charge is 0.254 e. The first-order chi connectivity index (χ1) is 15.3. The van der Waals surface area contributed by atoms with Gasteiger partial charge in [-0.15, -0.1) is 0 Å². The lowest BCUT2D eigenvalue weighted by atomic mass is 9.77. The number of aliphatic hydroxyl groups is 1. The van der Waals surface area contributed by atoms with E-state index in [4.69, 9.17) is 4.98 Å². The summed E-state index contributed by atoms with van der Waals surface area (Å²) in [6, 6.07) is 10.3. The molecular formula is C26H29N3O3. The molecule has 1 aromatic carbocycles. The molecule has 0 saturated heterocycles. The Morgan fingerprint density at radius 2 is 1.97 bits per heavy atom. The van der Waals surface area contributed by atoms with Crippen LogP contribution in [0, 0.1) is 0 Å². The molecule has 6 nitrogen and oxygen atoms in total. The van der Waals surface area contributed by atoms with Gasteiger partial charge in [0.05, 0.1) is 23.4 Å². The van der Waals surface area contributed by atoms with E-state index in [1.165, 1.54) is 5.56 Å². The van der Waals surface area contributed by atoms with Crippen LogP contribution < -0.4 is 10.9 Å². The summed E-state index contributed by atoms with van der Waals surface area (Å²) in [5.41, 5.74) is 4.01. The number of carbonyl (C=O) groups excluding carboxylic acids is 1. The summed E-state index contributed by atoms with van der Waals surface area (Å²) < 4.78 is 1.78. The van der Waals surface area contributed by atoms with Crippen LogP contribution in [0.2, 0.25) is 0 Å². The van der Waals surface area contributed by atoms with Gasteiger partial charge >= 0.3 is 0 Å². The maximum atomic E-state index is 13.5. The first-order valence-corrected chi connectivity index (χ1v) is 11.5. The zero-order chi connectivity index (χ0) is 22.6. The first kappa shape index (κ1) is 21.0. The van der Waals surface area contributed by atoms with Crippen molar-refractivity contribution in [3.8, 4) is 11.4 Å². The van der Waals surface area contributed by atoms with Crippen LogP contribution in [0.3, 0.4) is 0 Å². The minimum atomic E-state index is -1.59. The highest BCUT2D eigenvalue weighted by molar-refractivity contribution is 5.92. The van der Waals surface area contributed by atoms with E-state index in [0.717, 1.165) is 35.1 Å². The van der Waals surface area contributed by atoms with Crippen LogP contribution >= 0.6 is 0 Å². The predicted molar refractivity (Wildman–Crippen MR) is 125 cm³/mol. The SMILES string of the molecule is CC[C@@]1(O)C(=O)CCc2c1cc1n(c2=O)Cc2c-1nc1ccccc1c2CCNC(C)C. The van der Waals surface area contributed by atoms with Crippen LogP contribution in [-0.4, -0.2) is 33.0 Å². The van der Waals surface area contributed by atoms with E-state index in [2.05, 4.69) is 25.2 Å². The monoisotopic (exact) mass is 431 g/mol. The number of aromatic nitrogens is 2. The number of benzene rings is 1. The Labute approximate surface area is 187 Å². The topological polar surface area (TPSA) is 84.2 Å². The van der Waals surface area contributed by atoms with Gasteiger partial charge in [0.25, 0.3) is 5.56 Å². The third-order valence-corrected chi connectivity index (χ3v) is 7.02. The van der Waals surface area contributed by atoms with Crippen LogP contribution in [0.1, 0.15) is 55.9 Å². The van der Waals surface area contributed by atoms with Gasteiger partial charge in [-0.3, -0.25) is 9.59 Å². The highest BCUT2D eigenvalue weighted by atomic mass is 16.3. The van der Waals surface area contributed by atoms with Crippen LogP contribution in [0.4, 0.5) is 0 Å². The van der Waals surface area contributed by atoms with Gasteiger partial charge in [-0.05, 0) is 43.5 Å². The third-order valence-electron chi connectivity index (χ3n) is 7.02. The number of para-hydroxylation sites is 1. The summed E-state index contributed by atoms with van der Waals surface area (Å²) in [4.78, 5) is 31.0. The van der Waals surface area contributed by atoms with Crippen molar-refractivity contribution in [2.24, 2.45) is 0 Å². The summed E-state index contributed by atoms with van der Waals surface area (Å²) in [7, 11) is 0. The van der Waals surface area contributed by atoms with E-state index in [1.54, 1.807) is 11.5 Å². The molecule has 0 saturated carbocycles. The Morgan fingerprint density at radius 3 is 2.72 bits per heavy atom. The number of pyridine rings is 2. The number of hydrogen-bond donors (Lipinski definition) is 2. The van der Waals surface area contributed by atoms with Gasteiger partial charge in [0.1, 0.15) is 5.60 Å². The van der Waals surface area contributed by atoms with Crippen molar-refractivity contribution in [1.29, 1.82) is 0 Å². The molecule has 1 atom stereocenters. The van der Waals surface area contributed by atoms with Crippen LogP contribution in [0.25, 0.3) is 22.3 Å². The molecule has 0 amide bonds. The lowest BCUT2D eigenvalue weighted by Gasteiger charge is -2.32. The maximum absolute atomic E-state index is 13.5. The van der Waals surface area contributed by atoms with Crippen molar-refractivity contribution in [3.05, 3.63) is 62.9 Å². The fraction of sp³-hybridized carbons (Fsp3) is 0.423. The van der Waals surface area contributed by atoms with E-state index in [1.807, 2.05) is 24.3 Å². The Morgan fingerprint density at radius 1 is 1.19 bits per heavy atom. The molecule has 1 aliphatic carbocycles. The highest BCUT2D eigenvalue weighted by Gasteiger charge is 2.43. The molecule has 1 aliphatic heterocycles. The molecule has 2 aliphatic rings. The van der Waals surface area contributed by atoms with Gasteiger partial charge in [-0.2, -0.15) is 0 Å². The lowest BCUT2D eigenvalue weighted by Crippen LogP contribution is -2.43. The molecule has 0 unspecified atom stereocenters. The van der Waals surface area contributed by atoms with E-state index in [-0.39, 0.29) is 24.2 Å². The molecule has 3 aromatic rings. The largest absolute Gasteiger partial charge is 0.377 e. The van der Waals surface area contributed by atoms with Crippen LogP contribution in [0.15, 0.2) is 35.1 Å². The Hall–Kier alpha value is -2.83. The predicted octanol–water partition coefficient (Wildman–Crippen LogP) is 3.08. The van der Waals surface area contributed by atoms with Crippen molar-refractivity contribution in [2.75, 3.05) is 6.54 Å². The standard InChI is InChI=1S/C26H29N3O3/c1-4-26(32)20-13-22-24-19(14-29(22)25(31)18(20)9-10-23(26)30)16(11-12-27-15(2)3)17-7-5-6-8-21(17)28-24/h5-8,13,15,27,32H,4,9-12,14H2,1-3H3/t26-/m0/s1. The van der Waals surface area contributed by atoms with Gasteiger partial charge in [0.2, 0.25) is 0 Å². The van der Waals surface area contributed by atoms with Gasteiger partial charge in [0, 0.05) is 34.5 Å². The number of hydrogen-bond acceptors (Lipinski definition) is 5. The van der Waals surface area contributed by atoms with Crippen LogP contribution in [-0.2, 0) is 29.8 Å². The summed E-state index contributed by atoms with van der Waals surface area (Å²) in [5, 5.41) is 15.8. The minimum Gasteiger partial charge on any atom is -0.377 e. The van der Waals surface area contributed by atoms with E-state index < -0.39 is 5.60 Å². The molecule has 5 rings (SSSR count). The van der Waals surface area contributed by atoms with Crippen molar-refractivity contribution in [2.45, 2.75) is 64.6 Å². The Balaban J connectivity index is 1.72. The number of nitrogens with one attached hydrogen (secondary N) is 1. The van der Waals surface area contributed by atoms with Crippen LogP contribution in [0.5, 0.6) is 0 Å². The first-order valence-electron chi connectivity index (χ1n) is 11.5. The second-order valence-electron chi connectivity index (χ2n) is 9.24. The molecule has 32 heavy (non-hydrogen) atoms. The number of Topliss-reactive ketones (excluding diaryl/α,β-unsaturated/α-hetero) is 1. The molecule has 2 aromatic heterocycles. The molecule has 0 fully saturated rings. The normalized spacial score (nSPS) is 19.3. The Bertz CT molecular complexity index is 1310. The lowest BCUT2D eigenvalue weighted by molar-refractivity contribution is -0.140. The van der Waals surface area contributed by atoms with Gasteiger partial charge < -0.3 is 15.0 Å². The maximum Gasteiger partial charge on any atom is 0.254 e. The Kier molecular flexibility index (Phi) is 5.02. The molecule has 3 heterocycles. The van der Waals surface area contributed by atoms with Gasteiger partial charge in [0.15, 0.2) is 5.78 Å². The number of nitrogens with zero attached hydrogens (tertiary/aromatic N) is 2. The molecule has 0 bridgehead atoms. The molecule has 0 spiro atoms. The molecule has 166 valence electrons. The quantitative estimate of drug-likeness (QED) is 0.507. The third kappa shape index (κ3) is 3.05. The van der Waals surface area contributed by atoms with Gasteiger partial charge in [-0.1, -0.05) is 39.0 Å². The molecule has 6 heteroatoms. The average molecular weight is 432 g/mol. The molecule has 2 N–H and O–H groups in total.